The number of nitrogens with zero attached hydrogens (tertiary/aromatic N) is 2. The Bertz CT molecular complexity index is 1170. The SMILES string of the molecule is C/C(=N\NS(=O)(=O)c1cccc([N+](=O)[O-])c1)c1ccc2ccccc2c1O. The molecule has 0 unspecified atom stereocenters. The molecule has 0 aliphatic rings. The fourth-order valence-corrected chi connectivity index (χ4v) is 3.45. The van der Waals surface area contributed by atoms with E-state index in [-0.39, 0.29) is 22.0 Å². The van der Waals surface area contributed by atoms with Crippen molar-refractivity contribution in [1.82, 2.24) is 4.83 Å². The summed E-state index contributed by atoms with van der Waals surface area (Å²) >= 11 is 0. The number of hydrogen-bond donors (Lipinski definition) is 2. The molecule has 0 heterocycles. The quantitative estimate of drug-likeness (QED) is 0.397. The van der Waals surface area contributed by atoms with Gasteiger partial charge in [0.15, 0.2) is 0 Å². The van der Waals surface area contributed by atoms with Crippen LogP contribution >= 0.6 is 0 Å². The molecule has 0 bridgehead atoms. The number of phenolic OH excluding ortho intramolecular Hbond substituents is 1. The Morgan fingerprint density at radius 1 is 1.11 bits per heavy atom. The molecule has 2 N–H and O–H groups in total. The first-order valence-corrected chi connectivity index (χ1v) is 9.29. The van der Waals surface area contributed by atoms with Crippen molar-refractivity contribution in [3.05, 3.63) is 76.3 Å². The van der Waals surface area contributed by atoms with Crippen LogP contribution in [0.1, 0.15) is 12.5 Å². The zero-order valence-corrected chi connectivity index (χ0v) is 15.0. The van der Waals surface area contributed by atoms with Crippen molar-refractivity contribution >= 4 is 32.2 Å². The highest BCUT2D eigenvalue weighted by Crippen LogP contribution is 2.29. The third-order valence-electron chi connectivity index (χ3n) is 3.96. The van der Waals surface area contributed by atoms with Crippen LogP contribution in [0.2, 0.25) is 0 Å². The minimum atomic E-state index is -4.10. The smallest absolute Gasteiger partial charge is 0.276 e. The number of nitro groups is 1. The molecule has 0 aromatic heterocycles. The number of nitro benzene ring substituents is 1. The number of fused-ring (bicyclic) bond motifs is 1. The minimum Gasteiger partial charge on any atom is -0.507 e. The van der Waals surface area contributed by atoms with Gasteiger partial charge in [-0.25, -0.2) is 0 Å². The van der Waals surface area contributed by atoms with E-state index in [0.29, 0.717) is 10.9 Å². The minimum absolute atomic E-state index is 0.0103. The molecular weight excluding hydrogens is 370 g/mol. The second-order valence-electron chi connectivity index (χ2n) is 5.73. The Labute approximate surface area is 155 Å². The molecule has 0 fully saturated rings. The number of hydrogen-bond acceptors (Lipinski definition) is 6. The molecule has 3 aromatic rings. The lowest BCUT2D eigenvalue weighted by molar-refractivity contribution is -0.385. The van der Waals surface area contributed by atoms with E-state index in [0.717, 1.165) is 11.5 Å². The van der Waals surface area contributed by atoms with Crippen molar-refractivity contribution in [2.45, 2.75) is 11.8 Å². The van der Waals surface area contributed by atoms with E-state index in [1.165, 1.54) is 18.2 Å². The largest absolute Gasteiger partial charge is 0.507 e. The second-order valence-corrected chi connectivity index (χ2v) is 7.39. The molecule has 0 aliphatic heterocycles. The Hall–Kier alpha value is -3.46. The van der Waals surface area contributed by atoms with Crippen LogP contribution in [0.15, 0.2) is 70.7 Å². The molecule has 0 saturated carbocycles. The number of rotatable bonds is 5. The lowest BCUT2D eigenvalue weighted by Gasteiger charge is -2.09. The van der Waals surface area contributed by atoms with Crippen molar-refractivity contribution < 1.29 is 18.4 Å². The first-order valence-electron chi connectivity index (χ1n) is 7.81. The molecule has 8 nitrogen and oxygen atoms in total. The summed E-state index contributed by atoms with van der Waals surface area (Å²) in [4.78, 5) is 11.9. The van der Waals surface area contributed by atoms with Gasteiger partial charge in [-0.05, 0) is 24.4 Å². The molecular formula is C18H15N3O5S. The zero-order chi connectivity index (χ0) is 19.6. The van der Waals surface area contributed by atoms with Gasteiger partial charge in [0.25, 0.3) is 15.7 Å². The lowest BCUT2D eigenvalue weighted by Crippen LogP contribution is -2.20. The van der Waals surface area contributed by atoms with Crippen molar-refractivity contribution in [2.24, 2.45) is 5.10 Å². The number of hydrazone groups is 1. The van der Waals surface area contributed by atoms with Crippen molar-refractivity contribution in [3.63, 3.8) is 0 Å². The molecule has 0 radical (unpaired) electrons. The average molecular weight is 385 g/mol. The Kier molecular flexibility index (Phi) is 4.78. The molecule has 0 saturated heterocycles. The predicted molar refractivity (Wildman–Crippen MR) is 101 cm³/mol. The standard InChI is InChI=1S/C18H15N3O5S/c1-12(16-10-9-13-5-2-3-8-17(13)18(16)22)19-20-27(25,26)15-7-4-6-14(11-15)21(23)24/h2-11,20,22H,1H3/b19-12+. The summed E-state index contributed by atoms with van der Waals surface area (Å²) in [6.45, 7) is 1.54. The Morgan fingerprint density at radius 2 is 1.85 bits per heavy atom. The molecule has 0 atom stereocenters. The van der Waals surface area contributed by atoms with Gasteiger partial charge in [-0.15, -0.1) is 0 Å². The fourth-order valence-electron chi connectivity index (χ4n) is 2.55. The summed E-state index contributed by atoms with van der Waals surface area (Å²) < 4.78 is 24.7. The topological polar surface area (TPSA) is 122 Å². The molecule has 3 aromatic carbocycles. The highest BCUT2D eigenvalue weighted by atomic mass is 32.2. The van der Waals surface area contributed by atoms with Gasteiger partial charge in [-0.3, -0.25) is 10.1 Å². The van der Waals surface area contributed by atoms with E-state index in [9.17, 15) is 23.6 Å². The number of aromatic hydroxyl groups is 1. The maximum Gasteiger partial charge on any atom is 0.276 e. The van der Waals surface area contributed by atoms with Crippen molar-refractivity contribution in [1.29, 1.82) is 0 Å². The lowest BCUT2D eigenvalue weighted by atomic mass is 10.0. The van der Waals surface area contributed by atoms with Crippen LogP contribution in [0.5, 0.6) is 5.75 Å². The highest BCUT2D eigenvalue weighted by molar-refractivity contribution is 7.89. The highest BCUT2D eigenvalue weighted by Gasteiger charge is 2.17. The van der Waals surface area contributed by atoms with Crippen molar-refractivity contribution in [3.8, 4) is 5.75 Å². The summed E-state index contributed by atoms with van der Waals surface area (Å²) in [7, 11) is -4.10. The van der Waals surface area contributed by atoms with Crippen LogP contribution in [0.25, 0.3) is 10.8 Å². The first-order chi connectivity index (χ1) is 12.8. The third kappa shape index (κ3) is 3.72. The van der Waals surface area contributed by atoms with Crippen molar-refractivity contribution in [2.75, 3.05) is 0 Å². The number of phenols is 1. The van der Waals surface area contributed by atoms with E-state index >= 15 is 0 Å². The van der Waals surface area contributed by atoms with Gasteiger partial charge in [0.05, 0.1) is 15.5 Å². The third-order valence-corrected chi connectivity index (χ3v) is 5.17. The average Bonchev–Trinajstić information content (AvgIpc) is 2.67. The Morgan fingerprint density at radius 3 is 2.59 bits per heavy atom. The molecule has 0 aliphatic carbocycles. The predicted octanol–water partition coefficient (Wildman–Crippen LogP) is 3.16. The number of nitrogens with one attached hydrogen (secondary N) is 1. The van der Waals surface area contributed by atoms with Gasteiger partial charge in [0.2, 0.25) is 0 Å². The van der Waals surface area contributed by atoms with Crippen LogP contribution in [-0.2, 0) is 10.0 Å². The number of benzene rings is 3. The molecule has 27 heavy (non-hydrogen) atoms. The van der Waals surface area contributed by atoms with Gasteiger partial charge in [-0.1, -0.05) is 36.4 Å². The normalized spacial score (nSPS) is 12.1. The summed E-state index contributed by atoms with van der Waals surface area (Å²) in [5.74, 6) is -0.0103. The molecule has 9 heteroatoms. The van der Waals surface area contributed by atoms with Crippen LogP contribution in [0, 0.1) is 10.1 Å². The van der Waals surface area contributed by atoms with Crippen LogP contribution in [0.3, 0.4) is 0 Å². The summed E-state index contributed by atoms with van der Waals surface area (Å²) in [6, 6.07) is 15.3. The van der Waals surface area contributed by atoms with Gasteiger partial charge in [-0.2, -0.15) is 18.4 Å². The molecule has 0 amide bonds. The van der Waals surface area contributed by atoms with Crippen LogP contribution in [0.4, 0.5) is 5.69 Å². The van der Waals surface area contributed by atoms with Gasteiger partial charge in [0.1, 0.15) is 5.75 Å². The first kappa shape index (κ1) is 18.3. The monoisotopic (exact) mass is 385 g/mol. The van der Waals surface area contributed by atoms with E-state index < -0.39 is 14.9 Å². The van der Waals surface area contributed by atoms with Crippen LogP contribution in [-0.4, -0.2) is 24.2 Å². The van der Waals surface area contributed by atoms with Gasteiger partial charge < -0.3 is 5.11 Å². The molecule has 3 rings (SSSR count). The van der Waals surface area contributed by atoms with Crippen LogP contribution < -0.4 is 4.83 Å². The van der Waals surface area contributed by atoms with E-state index in [1.54, 1.807) is 31.2 Å². The van der Waals surface area contributed by atoms with Gasteiger partial charge >= 0.3 is 0 Å². The van der Waals surface area contributed by atoms with Gasteiger partial charge in [0, 0.05) is 23.1 Å². The van der Waals surface area contributed by atoms with E-state index in [4.69, 9.17) is 0 Å². The second kappa shape index (κ2) is 7.04. The van der Waals surface area contributed by atoms with E-state index in [2.05, 4.69) is 5.10 Å². The maximum atomic E-state index is 12.3. The number of non-ortho nitro benzene ring substituents is 1. The van der Waals surface area contributed by atoms with E-state index in [1.807, 2.05) is 17.0 Å². The zero-order valence-electron chi connectivity index (χ0n) is 14.2. The summed E-state index contributed by atoms with van der Waals surface area (Å²) in [6.07, 6.45) is 0. The maximum absolute atomic E-state index is 12.3. The summed E-state index contributed by atoms with van der Waals surface area (Å²) in [5.41, 5.74) is 0.272. The fraction of sp³-hybridized carbons (Fsp3) is 0.0556. The molecule has 0 spiro atoms. The number of sulfonamides is 1. The molecule has 138 valence electrons. The Balaban J connectivity index is 1.92. The summed E-state index contributed by atoms with van der Waals surface area (Å²) in [5, 5.41) is 26.5.